The average Bonchev–Trinajstić information content (AvgIpc) is 2.84. The molecule has 1 fully saturated rings. The van der Waals surface area contributed by atoms with Crippen LogP contribution in [0.1, 0.15) is 67.6 Å². The molecule has 3 aromatic rings. The van der Waals surface area contributed by atoms with Crippen molar-refractivity contribution >= 4 is 17.3 Å². The van der Waals surface area contributed by atoms with Gasteiger partial charge < -0.3 is 21.5 Å². The SMILES string of the molecule is COC(C)(C)c1cc(F)c(-c2nc(C(=O)Nc3cnccc3[C@@H]3C[C@H](C)C[C@H](N)C3)c(N)cc2F)c(F)c1. The highest BCUT2D eigenvalue weighted by atomic mass is 19.1. The Kier molecular flexibility index (Phi) is 7.75. The third kappa shape index (κ3) is 5.51. The topological polar surface area (TPSA) is 116 Å². The molecule has 2 aromatic heterocycles. The Balaban J connectivity index is 1.70. The molecule has 0 aliphatic heterocycles. The molecule has 1 aromatic carbocycles. The number of amides is 1. The van der Waals surface area contributed by atoms with Crippen molar-refractivity contribution < 1.29 is 22.7 Å². The number of halogens is 3. The highest BCUT2D eigenvalue weighted by Gasteiger charge is 2.29. The molecule has 0 saturated heterocycles. The van der Waals surface area contributed by atoms with Crippen molar-refractivity contribution in [1.82, 2.24) is 9.97 Å². The molecule has 1 saturated carbocycles. The fraction of sp³-hybridized carbons (Fsp3) is 0.393. The van der Waals surface area contributed by atoms with Gasteiger partial charge in [0.2, 0.25) is 0 Å². The molecular weight excluding hydrogens is 495 g/mol. The number of pyridine rings is 2. The number of methoxy groups -OCH3 is 1. The van der Waals surface area contributed by atoms with Crippen LogP contribution in [-0.4, -0.2) is 29.0 Å². The van der Waals surface area contributed by atoms with Gasteiger partial charge >= 0.3 is 0 Å². The fourth-order valence-electron chi connectivity index (χ4n) is 5.08. The molecule has 0 bridgehead atoms. The number of carbonyl (C=O) groups excluding carboxylic acids is 1. The van der Waals surface area contributed by atoms with Crippen LogP contribution in [0.15, 0.2) is 36.7 Å². The number of nitrogens with two attached hydrogens (primary N) is 2. The van der Waals surface area contributed by atoms with E-state index < -0.39 is 40.2 Å². The van der Waals surface area contributed by atoms with Gasteiger partial charge in [0.15, 0.2) is 11.5 Å². The number of nitrogens with one attached hydrogen (secondary N) is 1. The van der Waals surface area contributed by atoms with Gasteiger partial charge in [0.25, 0.3) is 5.91 Å². The maximum atomic E-state index is 15.1. The zero-order valence-electron chi connectivity index (χ0n) is 21.8. The largest absolute Gasteiger partial charge is 0.397 e. The molecule has 1 amide bonds. The molecule has 0 spiro atoms. The number of nitrogens with zero attached hydrogens (tertiary/aromatic N) is 2. The predicted molar refractivity (Wildman–Crippen MR) is 140 cm³/mol. The van der Waals surface area contributed by atoms with Crippen LogP contribution in [0.25, 0.3) is 11.3 Å². The lowest BCUT2D eigenvalue weighted by atomic mass is 9.76. The summed E-state index contributed by atoms with van der Waals surface area (Å²) in [5, 5.41) is 2.75. The highest BCUT2D eigenvalue weighted by molar-refractivity contribution is 6.07. The van der Waals surface area contributed by atoms with Gasteiger partial charge in [0.1, 0.15) is 17.3 Å². The third-order valence-electron chi connectivity index (χ3n) is 7.23. The highest BCUT2D eigenvalue weighted by Crippen LogP contribution is 2.39. The number of anilines is 2. The lowest BCUT2D eigenvalue weighted by Crippen LogP contribution is -2.31. The van der Waals surface area contributed by atoms with Crippen molar-refractivity contribution in [3.63, 3.8) is 0 Å². The van der Waals surface area contributed by atoms with Crippen LogP contribution in [-0.2, 0) is 10.3 Å². The molecule has 0 unspecified atom stereocenters. The van der Waals surface area contributed by atoms with Crippen LogP contribution < -0.4 is 16.8 Å². The minimum Gasteiger partial charge on any atom is -0.397 e. The average molecular weight is 528 g/mol. The van der Waals surface area contributed by atoms with Gasteiger partial charge in [-0.25, -0.2) is 18.2 Å². The molecule has 7 nitrogen and oxygen atoms in total. The van der Waals surface area contributed by atoms with Crippen molar-refractivity contribution in [2.24, 2.45) is 11.7 Å². The first kappa shape index (κ1) is 27.5. The van der Waals surface area contributed by atoms with E-state index in [-0.39, 0.29) is 28.9 Å². The second-order valence-corrected chi connectivity index (χ2v) is 10.5. The summed E-state index contributed by atoms with van der Waals surface area (Å²) in [4.78, 5) is 21.3. The molecular formula is C28H32F3N5O2. The summed E-state index contributed by atoms with van der Waals surface area (Å²) in [7, 11) is 1.41. The van der Waals surface area contributed by atoms with Crippen LogP contribution in [0.3, 0.4) is 0 Å². The number of hydrogen-bond acceptors (Lipinski definition) is 6. The van der Waals surface area contributed by atoms with Gasteiger partial charge in [-0.3, -0.25) is 9.78 Å². The van der Waals surface area contributed by atoms with E-state index in [9.17, 15) is 9.18 Å². The van der Waals surface area contributed by atoms with E-state index in [0.29, 0.717) is 11.6 Å². The van der Waals surface area contributed by atoms with Crippen molar-refractivity contribution in [2.75, 3.05) is 18.2 Å². The molecule has 10 heteroatoms. The standard InChI is InChI=1S/C28H32F3N5O2/c1-14-7-15(9-17(32)8-14)18-5-6-34-13-23(18)35-27(37)26-22(33)12-21(31)25(36-26)24-19(29)10-16(11-20(24)30)28(2,3)38-4/h5-6,10-15,17H,7-9,32-33H2,1-4H3,(H,35,37)/t14-,15+,17-/m0/s1. The third-order valence-corrected chi connectivity index (χ3v) is 7.23. The van der Waals surface area contributed by atoms with Gasteiger partial charge in [-0.15, -0.1) is 0 Å². The number of hydrogen-bond donors (Lipinski definition) is 3. The summed E-state index contributed by atoms with van der Waals surface area (Å²) < 4.78 is 50.4. The van der Waals surface area contributed by atoms with Gasteiger partial charge in [-0.2, -0.15) is 0 Å². The molecule has 0 radical (unpaired) electrons. The Bertz CT molecular complexity index is 1330. The Morgan fingerprint density at radius 3 is 2.42 bits per heavy atom. The smallest absolute Gasteiger partial charge is 0.276 e. The van der Waals surface area contributed by atoms with Crippen molar-refractivity contribution in [3.05, 3.63) is 70.9 Å². The molecule has 2 heterocycles. The molecule has 3 atom stereocenters. The number of benzene rings is 1. The summed E-state index contributed by atoms with van der Waals surface area (Å²) in [6.45, 7) is 5.41. The quantitative estimate of drug-likeness (QED) is 0.389. The zero-order valence-corrected chi connectivity index (χ0v) is 21.8. The zero-order chi connectivity index (χ0) is 27.8. The molecule has 202 valence electrons. The molecule has 5 N–H and O–H groups in total. The van der Waals surface area contributed by atoms with Crippen LogP contribution in [0.4, 0.5) is 24.5 Å². The second-order valence-electron chi connectivity index (χ2n) is 10.5. The number of nitrogen functional groups attached to an aromatic ring is 1. The molecule has 38 heavy (non-hydrogen) atoms. The van der Waals surface area contributed by atoms with Gasteiger partial charge in [-0.1, -0.05) is 6.92 Å². The summed E-state index contributed by atoms with van der Waals surface area (Å²) in [6.07, 6.45) is 5.73. The lowest BCUT2D eigenvalue weighted by Gasteiger charge is -2.32. The first-order valence-corrected chi connectivity index (χ1v) is 12.4. The number of carbonyl (C=O) groups is 1. The van der Waals surface area contributed by atoms with E-state index in [4.69, 9.17) is 16.2 Å². The first-order chi connectivity index (χ1) is 17.9. The molecule has 1 aliphatic rings. The van der Waals surface area contributed by atoms with E-state index in [2.05, 4.69) is 22.2 Å². The fourth-order valence-corrected chi connectivity index (χ4v) is 5.08. The van der Waals surface area contributed by atoms with Crippen LogP contribution in [0.2, 0.25) is 0 Å². The Morgan fingerprint density at radius 1 is 1.11 bits per heavy atom. The summed E-state index contributed by atoms with van der Waals surface area (Å²) >= 11 is 0. The van der Waals surface area contributed by atoms with Crippen molar-refractivity contribution in [3.8, 4) is 11.3 Å². The predicted octanol–water partition coefficient (Wildman–Crippen LogP) is 5.51. The van der Waals surface area contributed by atoms with Gasteiger partial charge in [0.05, 0.1) is 28.7 Å². The minimum atomic E-state index is -1.07. The van der Waals surface area contributed by atoms with Crippen LogP contribution in [0.5, 0.6) is 0 Å². The van der Waals surface area contributed by atoms with E-state index >= 15 is 8.78 Å². The van der Waals surface area contributed by atoms with Gasteiger partial charge in [-0.05, 0) is 74.3 Å². The van der Waals surface area contributed by atoms with Crippen LogP contribution in [0, 0.1) is 23.4 Å². The maximum Gasteiger partial charge on any atom is 0.276 e. The van der Waals surface area contributed by atoms with Crippen molar-refractivity contribution in [1.29, 1.82) is 0 Å². The number of aromatic nitrogens is 2. The summed E-state index contributed by atoms with van der Waals surface area (Å²) in [6, 6.07) is 4.80. The van der Waals surface area contributed by atoms with E-state index in [1.165, 1.54) is 13.3 Å². The minimum absolute atomic E-state index is 0.0445. The lowest BCUT2D eigenvalue weighted by molar-refractivity contribution is 0.0187. The summed E-state index contributed by atoms with van der Waals surface area (Å²) in [5.41, 5.74) is 10.7. The van der Waals surface area contributed by atoms with E-state index in [0.717, 1.165) is 43.0 Å². The van der Waals surface area contributed by atoms with Crippen molar-refractivity contribution in [2.45, 2.75) is 57.6 Å². The molecule has 1 aliphatic carbocycles. The Hall–Kier alpha value is -3.50. The maximum absolute atomic E-state index is 15.1. The second kappa shape index (κ2) is 10.7. The van der Waals surface area contributed by atoms with E-state index in [1.54, 1.807) is 20.0 Å². The Labute approximate surface area is 219 Å². The van der Waals surface area contributed by atoms with Crippen LogP contribution >= 0.6 is 0 Å². The first-order valence-electron chi connectivity index (χ1n) is 12.4. The Morgan fingerprint density at radius 2 is 1.79 bits per heavy atom. The summed E-state index contributed by atoms with van der Waals surface area (Å²) in [5.74, 6) is -3.40. The monoisotopic (exact) mass is 527 g/mol. The number of ether oxygens (including phenoxy) is 1. The van der Waals surface area contributed by atoms with E-state index in [1.807, 2.05) is 6.07 Å². The number of rotatable bonds is 6. The normalized spacial score (nSPS) is 19.8. The van der Waals surface area contributed by atoms with Gasteiger partial charge in [0, 0.05) is 25.4 Å². The molecule has 4 rings (SSSR count).